The van der Waals surface area contributed by atoms with Crippen LogP contribution in [0.15, 0.2) is 55.1 Å². The lowest BCUT2D eigenvalue weighted by Crippen LogP contribution is -2.44. The molecule has 1 aliphatic rings. The third kappa shape index (κ3) is 2.95. The van der Waals surface area contributed by atoms with Gasteiger partial charge >= 0.3 is 0 Å². The normalized spacial score (nSPS) is 18.9. The van der Waals surface area contributed by atoms with E-state index in [9.17, 15) is 0 Å². The van der Waals surface area contributed by atoms with E-state index in [0.29, 0.717) is 11.5 Å². The number of nitrogens with one attached hydrogen (secondary N) is 3. The number of amidine groups is 1. The second-order valence-electron chi connectivity index (χ2n) is 6.30. The molecule has 0 radical (unpaired) electrons. The predicted octanol–water partition coefficient (Wildman–Crippen LogP) is 4.41. The molecule has 0 aliphatic carbocycles. The summed E-state index contributed by atoms with van der Waals surface area (Å²) in [6.45, 7) is 6.64. The van der Waals surface area contributed by atoms with Crippen LogP contribution >= 0.6 is 0 Å². The van der Waals surface area contributed by atoms with E-state index in [1.54, 1.807) is 6.08 Å². The summed E-state index contributed by atoms with van der Waals surface area (Å²) in [7, 11) is 1.91. The highest BCUT2D eigenvalue weighted by Crippen LogP contribution is 2.39. The average Bonchev–Trinajstić information content (AvgIpc) is 2.66. The first-order chi connectivity index (χ1) is 12.1. The van der Waals surface area contributed by atoms with Crippen molar-refractivity contribution < 1.29 is 0 Å². The summed E-state index contributed by atoms with van der Waals surface area (Å²) in [6, 6.07) is 15.9. The van der Waals surface area contributed by atoms with E-state index >= 15 is 0 Å². The van der Waals surface area contributed by atoms with Crippen LogP contribution in [0.25, 0.3) is 6.08 Å². The van der Waals surface area contributed by atoms with E-state index in [4.69, 9.17) is 10.8 Å². The van der Waals surface area contributed by atoms with Crippen molar-refractivity contribution in [2.75, 3.05) is 18.9 Å². The van der Waals surface area contributed by atoms with Crippen LogP contribution < -0.4 is 5.32 Å². The van der Waals surface area contributed by atoms with Crippen molar-refractivity contribution in [2.45, 2.75) is 13.0 Å². The first kappa shape index (κ1) is 17.0. The van der Waals surface area contributed by atoms with Crippen LogP contribution in [0, 0.1) is 16.7 Å². The van der Waals surface area contributed by atoms with Gasteiger partial charge in [0.2, 0.25) is 0 Å². The fourth-order valence-electron chi connectivity index (χ4n) is 3.37. The topological polar surface area (TPSA) is 63.0 Å². The minimum absolute atomic E-state index is 0.136. The number of hydrogen-bond acceptors (Lipinski definition) is 3. The molecule has 1 heterocycles. The maximum Gasteiger partial charge on any atom is 0.107 e. The van der Waals surface area contributed by atoms with Gasteiger partial charge in [0.05, 0.1) is 17.7 Å². The summed E-state index contributed by atoms with van der Waals surface area (Å²) < 4.78 is 0. The van der Waals surface area contributed by atoms with Gasteiger partial charge < -0.3 is 15.6 Å². The summed E-state index contributed by atoms with van der Waals surface area (Å²) >= 11 is 0. The molecule has 0 amide bonds. The lowest BCUT2D eigenvalue weighted by atomic mass is 9.79. The van der Waals surface area contributed by atoms with E-state index in [2.05, 4.69) is 24.0 Å². The Kier molecular flexibility index (Phi) is 4.70. The Labute approximate surface area is 149 Å². The maximum atomic E-state index is 8.90. The summed E-state index contributed by atoms with van der Waals surface area (Å²) in [5.41, 5.74) is 4.27. The number of hydrogen-bond donors (Lipinski definition) is 3. The standard InChI is InChI=1S/C21H24N4/c1-4-14-12-9-13-16-17(14)19(22)18(21(23)25(3)5-2)20(24-16)15-10-7-6-8-11-15/h4,6-13,18,20,22-24H,1,5H2,2-3H3. The zero-order chi connectivity index (χ0) is 18.0. The Balaban J connectivity index is 2.15. The van der Waals surface area contributed by atoms with Gasteiger partial charge in [0, 0.05) is 24.8 Å². The van der Waals surface area contributed by atoms with Gasteiger partial charge in [-0.15, -0.1) is 0 Å². The maximum absolute atomic E-state index is 8.90. The van der Waals surface area contributed by atoms with Gasteiger partial charge in [-0.3, -0.25) is 5.41 Å². The monoisotopic (exact) mass is 332 g/mol. The third-order valence-corrected chi connectivity index (χ3v) is 4.88. The van der Waals surface area contributed by atoms with Gasteiger partial charge in [-0.1, -0.05) is 55.1 Å². The number of anilines is 1. The molecule has 2 atom stereocenters. The van der Waals surface area contributed by atoms with Gasteiger partial charge in [0.1, 0.15) is 5.84 Å². The van der Waals surface area contributed by atoms with Gasteiger partial charge in [-0.25, -0.2) is 0 Å². The molecule has 1 aliphatic heterocycles. The van der Waals surface area contributed by atoms with Gasteiger partial charge in [0.15, 0.2) is 0 Å². The molecule has 3 rings (SSSR count). The largest absolute Gasteiger partial charge is 0.377 e. The van der Waals surface area contributed by atoms with Crippen molar-refractivity contribution in [1.82, 2.24) is 4.90 Å². The highest BCUT2D eigenvalue weighted by atomic mass is 15.1. The molecule has 2 aromatic carbocycles. The molecule has 0 aromatic heterocycles. The van der Waals surface area contributed by atoms with Crippen LogP contribution in [-0.2, 0) is 0 Å². The molecule has 25 heavy (non-hydrogen) atoms. The molecular weight excluding hydrogens is 308 g/mol. The highest BCUT2D eigenvalue weighted by molar-refractivity contribution is 6.18. The van der Waals surface area contributed by atoms with Crippen LogP contribution in [0.2, 0.25) is 0 Å². The van der Waals surface area contributed by atoms with Crippen LogP contribution in [0.3, 0.4) is 0 Å². The van der Waals surface area contributed by atoms with E-state index < -0.39 is 0 Å². The minimum atomic E-state index is -0.346. The average molecular weight is 332 g/mol. The molecule has 3 N–H and O–H groups in total. The molecule has 0 fully saturated rings. The lowest BCUT2D eigenvalue weighted by Gasteiger charge is -2.38. The molecule has 2 aromatic rings. The van der Waals surface area contributed by atoms with E-state index in [1.807, 2.05) is 55.3 Å². The van der Waals surface area contributed by atoms with E-state index in [0.717, 1.165) is 28.9 Å². The molecule has 4 nitrogen and oxygen atoms in total. The number of nitrogens with zero attached hydrogens (tertiary/aromatic N) is 1. The fraction of sp³-hybridized carbons (Fsp3) is 0.238. The smallest absolute Gasteiger partial charge is 0.107 e. The Morgan fingerprint density at radius 2 is 1.92 bits per heavy atom. The molecule has 0 bridgehead atoms. The van der Waals surface area contributed by atoms with Crippen LogP contribution in [0.4, 0.5) is 5.69 Å². The van der Waals surface area contributed by atoms with Crippen molar-refractivity contribution in [3.63, 3.8) is 0 Å². The summed E-state index contributed by atoms with van der Waals surface area (Å²) in [4.78, 5) is 1.90. The zero-order valence-corrected chi connectivity index (χ0v) is 14.7. The van der Waals surface area contributed by atoms with Crippen molar-refractivity contribution in [3.8, 4) is 0 Å². The second-order valence-corrected chi connectivity index (χ2v) is 6.30. The molecule has 2 unspecified atom stereocenters. The first-order valence-electron chi connectivity index (χ1n) is 8.53. The third-order valence-electron chi connectivity index (χ3n) is 4.88. The van der Waals surface area contributed by atoms with E-state index in [1.165, 1.54) is 0 Å². The van der Waals surface area contributed by atoms with Crippen molar-refractivity contribution in [2.24, 2.45) is 5.92 Å². The molecule has 0 saturated heterocycles. The molecule has 0 spiro atoms. The summed E-state index contributed by atoms with van der Waals surface area (Å²) in [5.74, 6) is 0.110. The number of rotatable bonds is 4. The Morgan fingerprint density at radius 3 is 2.56 bits per heavy atom. The number of fused-ring (bicyclic) bond motifs is 1. The highest BCUT2D eigenvalue weighted by Gasteiger charge is 2.38. The fourth-order valence-corrected chi connectivity index (χ4v) is 3.37. The minimum Gasteiger partial charge on any atom is -0.377 e. The van der Waals surface area contributed by atoms with Crippen molar-refractivity contribution >= 4 is 23.3 Å². The quantitative estimate of drug-likeness (QED) is 0.573. The summed E-state index contributed by atoms with van der Waals surface area (Å²) in [6.07, 6.45) is 1.78. The molecular formula is C21H24N4. The Hall–Kier alpha value is -2.88. The Bertz CT molecular complexity index is 810. The van der Waals surface area contributed by atoms with Gasteiger partial charge in [0.25, 0.3) is 0 Å². The summed E-state index contributed by atoms with van der Waals surface area (Å²) in [5, 5.41) is 21.2. The second kappa shape index (κ2) is 6.93. The Morgan fingerprint density at radius 1 is 1.20 bits per heavy atom. The number of benzene rings is 2. The van der Waals surface area contributed by atoms with Crippen molar-refractivity contribution in [1.29, 1.82) is 10.8 Å². The van der Waals surface area contributed by atoms with Crippen LogP contribution in [0.5, 0.6) is 0 Å². The van der Waals surface area contributed by atoms with Crippen LogP contribution in [0.1, 0.15) is 29.7 Å². The van der Waals surface area contributed by atoms with Crippen molar-refractivity contribution in [3.05, 3.63) is 71.8 Å². The molecule has 0 saturated carbocycles. The van der Waals surface area contributed by atoms with Crippen LogP contribution in [-0.4, -0.2) is 30.0 Å². The van der Waals surface area contributed by atoms with Gasteiger partial charge in [-0.2, -0.15) is 0 Å². The predicted molar refractivity (Wildman–Crippen MR) is 106 cm³/mol. The first-order valence-corrected chi connectivity index (χ1v) is 8.53. The SMILES string of the molecule is C=Cc1cccc2c1C(=N)C(C(=N)N(C)CC)C(c1ccccc1)N2. The van der Waals surface area contributed by atoms with E-state index in [-0.39, 0.29) is 12.0 Å². The lowest BCUT2D eigenvalue weighted by molar-refractivity contribution is 0.491. The molecule has 128 valence electrons. The zero-order valence-electron chi connectivity index (χ0n) is 14.7. The molecule has 4 heteroatoms. The van der Waals surface area contributed by atoms with Gasteiger partial charge in [-0.05, 0) is 24.1 Å².